The zero-order valence-electron chi connectivity index (χ0n) is 14.8. The number of thioether (sulfide) groups is 1. The number of amides is 1. The normalized spacial score (nSPS) is 38.2. The van der Waals surface area contributed by atoms with Crippen LogP contribution in [0.3, 0.4) is 0 Å². The Labute approximate surface area is 155 Å². The van der Waals surface area contributed by atoms with Crippen molar-refractivity contribution >= 4 is 17.7 Å². The molecule has 0 radical (unpaired) electrons. The summed E-state index contributed by atoms with van der Waals surface area (Å²) in [7, 11) is 0. The molecule has 3 nitrogen and oxygen atoms in total. The number of carbonyl (C=O) groups excluding carboxylic acids is 1. The fourth-order valence-corrected chi connectivity index (χ4v) is 7.25. The van der Waals surface area contributed by atoms with Crippen LogP contribution in [-0.2, 0) is 4.79 Å². The molecule has 0 aromatic heterocycles. The van der Waals surface area contributed by atoms with Crippen molar-refractivity contribution in [2.75, 3.05) is 19.6 Å². The minimum atomic E-state index is 0.422. The van der Waals surface area contributed by atoms with Crippen LogP contribution in [0.4, 0.5) is 0 Å². The van der Waals surface area contributed by atoms with E-state index < -0.39 is 0 Å². The maximum atomic E-state index is 13.0. The first-order chi connectivity index (χ1) is 12.3. The molecule has 1 amide bonds. The third kappa shape index (κ3) is 2.91. The number of hydrogen-bond acceptors (Lipinski definition) is 3. The first-order valence-electron chi connectivity index (χ1n) is 10.0. The topological polar surface area (TPSA) is 23.6 Å². The Morgan fingerprint density at radius 1 is 1.04 bits per heavy atom. The largest absolute Gasteiger partial charge is 0.339 e. The maximum Gasteiger partial charge on any atom is 0.223 e. The van der Waals surface area contributed by atoms with Crippen molar-refractivity contribution in [2.24, 2.45) is 11.8 Å². The van der Waals surface area contributed by atoms with Crippen LogP contribution in [-0.4, -0.2) is 52.7 Å². The summed E-state index contributed by atoms with van der Waals surface area (Å²) in [4.78, 5) is 19.4. The summed E-state index contributed by atoms with van der Waals surface area (Å²) in [6.07, 6.45) is 7.22. The summed E-state index contributed by atoms with van der Waals surface area (Å²) in [5, 5.41) is 0.451. The standard InChI is InChI=1S/C21H28N2OS/c24-20-13-17(25-16-7-2-1-3-8-16)12-19-18-9-5-11-22-10-4-6-15(21(18)22)14-23(19)20/h1-3,7-8,15,17-19,21H,4-6,9-14H2/t15?,17?,18?,19-,21?/m1/s1. The summed E-state index contributed by atoms with van der Waals surface area (Å²) in [6.45, 7) is 3.62. The number of piperidine rings is 4. The zero-order valence-corrected chi connectivity index (χ0v) is 15.7. The predicted octanol–water partition coefficient (Wildman–Crippen LogP) is 3.64. The Kier molecular flexibility index (Phi) is 4.29. The van der Waals surface area contributed by atoms with Crippen molar-refractivity contribution in [1.82, 2.24) is 9.80 Å². The molecule has 4 heteroatoms. The molecule has 1 aromatic rings. The van der Waals surface area contributed by atoms with Crippen molar-refractivity contribution in [2.45, 2.75) is 60.8 Å². The lowest BCUT2D eigenvalue weighted by atomic mass is 9.68. The molecule has 5 atom stereocenters. The molecule has 4 aliphatic heterocycles. The molecule has 4 heterocycles. The molecule has 4 unspecified atom stereocenters. The average molecular weight is 357 g/mol. The lowest BCUT2D eigenvalue weighted by Gasteiger charge is -2.59. The predicted molar refractivity (Wildman–Crippen MR) is 102 cm³/mol. The van der Waals surface area contributed by atoms with Gasteiger partial charge >= 0.3 is 0 Å². The maximum absolute atomic E-state index is 13.0. The summed E-state index contributed by atoms with van der Waals surface area (Å²) in [5.74, 6) is 1.87. The highest BCUT2D eigenvalue weighted by Gasteiger charge is 2.51. The number of rotatable bonds is 2. The van der Waals surface area contributed by atoms with Gasteiger partial charge in [-0.25, -0.2) is 0 Å². The summed E-state index contributed by atoms with van der Waals surface area (Å²) >= 11 is 1.92. The van der Waals surface area contributed by atoms with Gasteiger partial charge in [-0.05, 0) is 69.2 Å². The van der Waals surface area contributed by atoms with E-state index in [-0.39, 0.29) is 0 Å². The fraction of sp³-hybridized carbons (Fsp3) is 0.667. The molecular formula is C21H28N2OS. The average Bonchev–Trinajstić information content (AvgIpc) is 2.64. The second-order valence-electron chi connectivity index (χ2n) is 8.34. The van der Waals surface area contributed by atoms with E-state index in [2.05, 4.69) is 40.1 Å². The summed E-state index contributed by atoms with van der Waals surface area (Å²) < 4.78 is 0. The molecule has 1 aromatic carbocycles. The van der Waals surface area contributed by atoms with Gasteiger partial charge in [0.2, 0.25) is 5.91 Å². The van der Waals surface area contributed by atoms with Crippen LogP contribution in [0.1, 0.15) is 38.5 Å². The number of nitrogens with zero attached hydrogens (tertiary/aromatic N) is 2. The number of benzene rings is 1. The highest BCUT2D eigenvalue weighted by atomic mass is 32.2. The number of carbonyl (C=O) groups is 1. The van der Waals surface area contributed by atoms with Crippen LogP contribution in [0.15, 0.2) is 35.2 Å². The van der Waals surface area contributed by atoms with Gasteiger partial charge in [0.25, 0.3) is 0 Å². The minimum Gasteiger partial charge on any atom is -0.339 e. The van der Waals surface area contributed by atoms with Crippen LogP contribution < -0.4 is 0 Å². The Bertz CT molecular complexity index is 634. The van der Waals surface area contributed by atoms with Gasteiger partial charge in [-0.2, -0.15) is 0 Å². The second kappa shape index (κ2) is 6.62. The zero-order chi connectivity index (χ0) is 16.8. The third-order valence-electron chi connectivity index (χ3n) is 6.95. The van der Waals surface area contributed by atoms with Gasteiger partial charge in [-0.15, -0.1) is 11.8 Å². The van der Waals surface area contributed by atoms with E-state index >= 15 is 0 Å². The molecular weight excluding hydrogens is 328 g/mol. The molecule has 0 N–H and O–H groups in total. The Morgan fingerprint density at radius 2 is 1.84 bits per heavy atom. The highest BCUT2D eigenvalue weighted by molar-refractivity contribution is 8.00. The van der Waals surface area contributed by atoms with Gasteiger partial charge < -0.3 is 4.90 Å². The van der Waals surface area contributed by atoms with Crippen LogP contribution in [0.25, 0.3) is 0 Å². The van der Waals surface area contributed by atoms with Gasteiger partial charge in [-0.3, -0.25) is 9.69 Å². The molecule has 25 heavy (non-hydrogen) atoms. The Balaban J connectivity index is 1.38. The SMILES string of the molecule is O=C1CC(Sc2ccccc2)C[C@@H]2C3CCCN4CCCC(CN12)C34. The van der Waals surface area contributed by atoms with Gasteiger partial charge in [0.1, 0.15) is 0 Å². The third-order valence-corrected chi connectivity index (χ3v) is 8.18. The number of fused-ring (bicyclic) bond motifs is 2. The minimum absolute atomic E-state index is 0.422. The smallest absolute Gasteiger partial charge is 0.223 e. The molecule has 0 saturated carbocycles. The van der Waals surface area contributed by atoms with Crippen molar-refractivity contribution in [3.8, 4) is 0 Å². The molecule has 4 saturated heterocycles. The quantitative estimate of drug-likeness (QED) is 0.808. The lowest BCUT2D eigenvalue weighted by molar-refractivity contribution is -0.150. The van der Waals surface area contributed by atoms with E-state index in [4.69, 9.17) is 0 Å². The van der Waals surface area contributed by atoms with Crippen molar-refractivity contribution in [3.63, 3.8) is 0 Å². The second-order valence-corrected chi connectivity index (χ2v) is 9.71. The van der Waals surface area contributed by atoms with E-state index in [1.165, 1.54) is 50.1 Å². The van der Waals surface area contributed by atoms with Crippen molar-refractivity contribution < 1.29 is 4.79 Å². The molecule has 4 aliphatic rings. The molecule has 0 spiro atoms. The molecule has 0 aliphatic carbocycles. The van der Waals surface area contributed by atoms with Gasteiger partial charge in [0.15, 0.2) is 0 Å². The monoisotopic (exact) mass is 356 g/mol. The molecule has 0 bridgehead atoms. The van der Waals surface area contributed by atoms with Crippen molar-refractivity contribution in [3.05, 3.63) is 30.3 Å². The summed E-state index contributed by atoms with van der Waals surface area (Å²) in [5.41, 5.74) is 0. The number of hydrogen-bond donors (Lipinski definition) is 0. The molecule has 4 fully saturated rings. The van der Waals surface area contributed by atoms with E-state index in [9.17, 15) is 4.79 Å². The molecule has 134 valence electrons. The van der Waals surface area contributed by atoms with Crippen LogP contribution in [0, 0.1) is 11.8 Å². The first-order valence-corrected chi connectivity index (χ1v) is 10.9. The van der Waals surface area contributed by atoms with Crippen molar-refractivity contribution in [1.29, 1.82) is 0 Å². The van der Waals surface area contributed by atoms with E-state index in [0.29, 0.717) is 17.2 Å². The Hall–Kier alpha value is -1.00. The Morgan fingerprint density at radius 3 is 2.68 bits per heavy atom. The van der Waals surface area contributed by atoms with Gasteiger partial charge in [-0.1, -0.05) is 18.2 Å². The van der Waals surface area contributed by atoms with E-state index in [1.54, 1.807) is 0 Å². The van der Waals surface area contributed by atoms with Crippen LogP contribution in [0.5, 0.6) is 0 Å². The first kappa shape index (κ1) is 16.2. The fourth-order valence-electron chi connectivity index (χ4n) is 6.03. The highest BCUT2D eigenvalue weighted by Crippen LogP contribution is 2.46. The van der Waals surface area contributed by atoms with Crippen LogP contribution >= 0.6 is 11.8 Å². The van der Waals surface area contributed by atoms with Gasteiger partial charge in [0.05, 0.1) is 0 Å². The van der Waals surface area contributed by atoms with E-state index in [1.807, 2.05) is 11.8 Å². The molecule has 5 rings (SSSR count). The lowest BCUT2D eigenvalue weighted by Crippen LogP contribution is -2.67. The van der Waals surface area contributed by atoms with Crippen LogP contribution in [0.2, 0.25) is 0 Å². The van der Waals surface area contributed by atoms with Gasteiger partial charge in [0, 0.05) is 35.2 Å². The summed E-state index contributed by atoms with van der Waals surface area (Å²) in [6, 6.07) is 11.9. The van der Waals surface area contributed by atoms with E-state index in [0.717, 1.165) is 30.8 Å².